The van der Waals surface area contributed by atoms with E-state index in [2.05, 4.69) is 20.4 Å². The molecular formula is C22H26F6N8O2. The van der Waals surface area contributed by atoms with Gasteiger partial charge in [-0.15, -0.1) is 0 Å². The van der Waals surface area contributed by atoms with Gasteiger partial charge in [0, 0.05) is 57.7 Å². The van der Waals surface area contributed by atoms with Crippen molar-refractivity contribution in [2.75, 3.05) is 49.5 Å². The number of nitrogens with one attached hydrogen (secondary N) is 2. The summed E-state index contributed by atoms with van der Waals surface area (Å²) in [4.78, 5) is 37.9. The van der Waals surface area contributed by atoms with E-state index in [-0.39, 0.29) is 18.4 Å². The van der Waals surface area contributed by atoms with Crippen LogP contribution in [0.2, 0.25) is 0 Å². The summed E-state index contributed by atoms with van der Waals surface area (Å²) in [7, 11) is 0. The number of aromatic amines is 1. The molecule has 0 radical (unpaired) electrons. The fraction of sp³-hybridized carbons (Fsp3) is 0.591. The maximum atomic E-state index is 13.3. The fourth-order valence-corrected chi connectivity index (χ4v) is 4.74. The number of carbonyl (C=O) groups excluding carboxylic acids is 1. The minimum Gasteiger partial charge on any atom is -0.379 e. The second-order valence-electron chi connectivity index (χ2n) is 9.27. The van der Waals surface area contributed by atoms with Gasteiger partial charge in [-0.2, -0.15) is 31.4 Å². The highest BCUT2D eigenvalue weighted by molar-refractivity contribution is 5.82. The maximum absolute atomic E-state index is 13.3. The highest BCUT2D eigenvalue weighted by atomic mass is 19.4. The fourth-order valence-electron chi connectivity index (χ4n) is 4.74. The molecule has 2 atom stereocenters. The van der Waals surface area contributed by atoms with Crippen LogP contribution < -0.4 is 15.8 Å². The number of halogens is 6. The van der Waals surface area contributed by atoms with Crippen molar-refractivity contribution in [3.05, 3.63) is 40.1 Å². The molecule has 16 heteroatoms. The number of aromatic nitrogens is 4. The summed E-state index contributed by atoms with van der Waals surface area (Å²) >= 11 is 0. The number of amides is 1. The first kappa shape index (κ1) is 27.6. The molecule has 0 saturated carbocycles. The predicted molar refractivity (Wildman–Crippen MR) is 123 cm³/mol. The number of hydrogen-bond acceptors (Lipinski definition) is 8. The molecule has 2 aliphatic rings. The summed E-state index contributed by atoms with van der Waals surface area (Å²) < 4.78 is 78.2. The van der Waals surface area contributed by atoms with E-state index in [9.17, 15) is 35.9 Å². The van der Waals surface area contributed by atoms with Gasteiger partial charge >= 0.3 is 12.4 Å². The minimum absolute atomic E-state index is 0.124. The van der Waals surface area contributed by atoms with Crippen molar-refractivity contribution >= 4 is 17.5 Å². The number of carbonyl (C=O) groups is 1. The van der Waals surface area contributed by atoms with Gasteiger partial charge in [-0.3, -0.25) is 14.5 Å². The molecule has 2 aromatic rings. The van der Waals surface area contributed by atoms with Crippen LogP contribution in [0.4, 0.5) is 38.0 Å². The molecule has 2 aliphatic heterocycles. The predicted octanol–water partition coefficient (Wildman–Crippen LogP) is 2.21. The van der Waals surface area contributed by atoms with E-state index in [1.165, 1.54) is 0 Å². The maximum Gasteiger partial charge on any atom is 0.423 e. The van der Waals surface area contributed by atoms with Crippen LogP contribution in [0.1, 0.15) is 30.9 Å². The molecular weight excluding hydrogens is 522 g/mol. The molecule has 38 heavy (non-hydrogen) atoms. The molecule has 0 bridgehead atoms. The van der Waals surface area contributed by atoms with Crippen LogP contribution in [0.25, 0.3) is 0 Å². The van der Waals surface area contributed by atoms with E-state index in [0.717, 1.165) is 18.6 Å². The van der Waals surface area contributed by atoms with Gasteiger partial charge in [0.05, 0.1) is 23.5 Å². The van der Waals surface area contributed by atoms with E-state index < -0.39 is 46.8 Å². The number of piperazine rings is 1. The lowest BCUT2D eigenvalue weighted by atomic mass is 10.0. The molecule has 0 spiro atoms. The average molecular weight is 548 g/mol. The number of H-pyrrole nitrogens is 1. The number of alkyl halides is 6. The van der Waals surface area contributed by atoms with Crippen LogP contribution in [-0.2, 0) is 17.1 Å². The highest BCUT2D eigenvalue weighted by Gasteiger charge is 2.39. The molecule has 2 saturated heterocycles. The van der Waals surface area contributed by atoms with E-state index >= 15 is 0 Å². The van der Waals surface area contributed by atoms with Crippen LogP contribution in [0, 0.1) is 0 Å². The molecule has 2 N–H and O–H groups in total. The Morgan fingerprint density at radius 2 is 1.66 bits per heavy atom. The Labute approximate surface area is 213 Å². The quantitative estimate of drug-likeness (QED) is 0.529. The van der Waals surface area contributed by atoms with Crippen molar-refractivity contribution < 1.29 is 31.1 Å². The zero-order chi connectivity index (χ0) is 27.7. The number of nitrogens with zero attached hydrogens (tertiary/aromatic N) is 6. The summed E-state index contributed by atoms with van der Waals surface area (Å²) in [6.07, 6.45) is -5.71. The first-order chi connectivity index (χ1) is 17.8. The Bertz CT molecular complexity index is 1180. The Morgan fingerprint density at radius 1 is 1.00 bits per heavy atom. The molecule has 4 heterocycles. The molecule has 1 amide bonds. The zero-order valence-corrected chi connectivity index (χ0v) is 20.3. The Hall–Kier alpha value is -3.43. The lowest BCUT2D eigenvalue weighted by molar-refractivity contribution is -0.141. The van der Waals surface area contributed by atoms with E-state index in [1.807, 2.05) is 4.90 Å². The molecule has 0 aliphatic carbocycles. The lowest BCUT2D eigenvalue weighted by Gasteiger charge is -2.43. The van der Waals surface area contributed by atoms with Gasteiger partial charge in [-0.25, -0.2) is 15.1 Å². The number of piperidine rings is 1. The van der Waals surface area contributed by atoms with Crippen LogP contribution in [0.15, 0.2) is 23.4 Å². The van der Waals surface area contributed by atoms with Gasteiger partial charge in [-0.05, 0) is 19.8 Å². The SMILES string of the molecule is CC(CN1CCCC(N2CCN(c3ncc(C(F)(F)F)cn3)CC2)C1=O)Nc1cn[nH]c(=O)c1C(F)(F)F. The normalized spacial score (nSPS) is 20.5. The van der Waals surface area contributed by atoms with Gasteiger partial charge in [0.2, 0.25) is 11.9 Å². The van der Waals surface area contributed by atoms with Crippen molar-refractivity contribution in [3.63, 3.8) is 0 Å². The molecule has 0 aromatic carbocycles. The lowest BCUT2D eigenvalue weighted by Crippen LogP contribution is -2.58. The number of rotatable bonds is 6. The first-order valence-electron chi connectivity index (χ1n) is 11.9. The first-order valence-corrected chi connectivity index (χ1v) is 11.9. The highest BCUT2D eigenvalue weighted by Crippen LogP contribution is 2.32. The second kappa shape index (κ2) is 10.7. The van der Waals surface area contributed by atoms with E-state index in [4.69, 9.17) is 0 Å². The van der Waals surface area contributed by atoms with Gasteiger partial charge in [0.15, 0.2) is 0 Å². The van der Waals surface area contributed by atoms with Gasteiger partial charge < -0.3 is 15.1 Å². The summed E-state index contributed by atoms with van der Waals surface area (Å²) in [6, 6.07) is -1.02. The second-order valence-corrected chi connectivity index (χ2v) is 9.27. The van der Waals surface area contributed by atoms with Crippen LogP contribution in [0.3, 0.4) is 0 Å². The molecule has 4 rings (SSSR count). The number of anilines is 2. The van der Waals surface area contributed by atoms with Gasteiger partial charge in [0.1, 0.15) is 5.56 Å². The third-order valence-corrected chi connectivity index (χ3v) is 6.54. The monoisotopic (exact) mass is 548 g/mol. The van der Waals surface area contributed by atoms with Gasteiger partial charge in [0.25, 0.3) is 5.56 Å². The number of likely N-dealkylation sites (tertiary alicyclic amines) is 1. The average Bonchev–Trinajstić information content (AvgIpc) is 2.84. The van der Waals surface area contributed by atoms with Gasteiger partial charge in [-0.1, -0.05) is 0 Å². The van der Waals surface area contributed by atoms with Crippen LogP contribution in [0.5, 0.6) is 0 Å². The zero-order valence-electron chi connectivity index (χ0n) is 20.3. The van der Waals surface area contributed by atoms with Crippen LogP contribution >= 0.6 is 0 Å². The van der Waals surface area contributed by atoms with Crippen molar-refractivity contribution in [3.8, 4) is 0 Å². The molecule has 2 aromatic heterocycles. The smallest absolute Gasteiger partial charge is 0.379 e. The van der Waals surface area contributed by atoms with Crippen LogP contribution in [-0.4, -0.2) is 87.2 Å². The number of hydrogen-bond donors (Lipinski definition) is 2. The summed E-state index contributed by atoms with van der Waals surface area (Å²) in [6.45, 7) is 3.96. The van der Waals surface area contributed by atoms with Crippen molar-refractivity contribution in [1.29, 1.82) is 0 Å². The minimum atomic E-state index is -4.88. The molecule has 208 valence electrons. The van der Waals surface area contributed by atoms with Crippen molar-refractivity contribution in [1.82, 2.24) is 30.0 Å². The van der Waals surface area contributed by atoms with E-state index in [1.54, 1.807) is 21.8 Å². The topological polar surface area (TPSA) is 110 Å². The molecule has 2 unspecified atom stereocenters. The van der Waals surface area contributed by atoms with Crippen molar-refractivity contribution in [2.24, 2.45) is 0 Å². The molecule has 10 nitrogen and oxygen atoms in total. The third-order valence-electron chi connectivity index (χ3n) is 6.54. The van der Waals surface area contributed by atoms with Crippen molar-refractivity contribution in [2.45, 2.75) is 44.2 Å². The Kier molecular flexibility index (Phi) is 7.80. The summed E-state index contributed by atoms with van der Waals surface area (Å²) in [5, 5.41) is 7.88. The van der Waals surface area contributed by atoms with E-state index in [0.29, 0.717) is 45.6 Å². The largest absolute Gasteiger partial charge is 0.423 e. The standard InChI is InChI=1S/C22H26F6N8O2/c1-13(32-15-11-31-33-18(37)17(15)22(26,27)28)12-36-4-2-3-16(19(36)38)34-5-7-35(8-6-34)20-29-9-14(10-30-20)21(23,24)25/h9-11,13,16H,2-8,12H2,1H3,(H2,32,33,37). The Balaban J connectivity index is 1.34. The Morgan fingerprint density at radius 3 is 2.26 bits per heavy atom. The molecule has 2 fully saturated rings. The summed E-state index contributed by atoms with van der Waals surface area (Å²) in [5.74, 6) is 0.0332. The summed E-state index contributed by atoms with van der Waals surface area (Å²) in [5.41, 5.74) is -4.13. The third kappa shape index (κ3) is 6.16.